The Bertz CT molecular complexity index is 1590. The zero-order valence-corrected chi connectivity index (χ0v) is 16.9. The average Bonchev–Trinajstić information content (AvgIpc) is 3.34. The Balaban J connectivity index is 1.48. The number of fused-ring (bicyclic) bond motifs is 4. The van der Waals surface area contributed by atoms with Gasteiger partial charge in [0, 0.05) is 19.5 Å². The van der Waals surface area contributed by atoms with E-state index < -0.39 is 11.2 Å². The first kappa shape index (κ1) is 18.3. The highest BCUT2D eigenvalue weighted by Gasteiger charge is 2.17. The first-order valence-corrected chi connectivity index (χ1v) is 9.94. The van der Waals surface area contributed by atoms with Gasteiger partial charge in [-0.15, -0.1) is 0 Å². The second kappa shape index (κ2) is 6.63. The van der Waals surface area contributed by atoms with Gasteiger partial charge in [-0.2, -0.15) is 0 Å². The van der Waals surface area contributed by atoms with E-state index in [4.69, 9.17) is 0 Å². The molecule has 0 saturated heterocycles. The predicted octanol–water partition coefficient (Wildman–Crippen LogP) is 1.84. The van der Waals surface area contributed by atoms with Crippen molar-refractivity contribution in [1.29, 1.82) is 0 Å². The molecule has 10 heteroatoms. The Morgan fingerprint density at radius 2 is 1.90 bits per heavy atom. The molecule has 0 aliphatic rings. The molecule has 1 amide bonds. The molecular formula is C20H16N6O3S. The summed E-state index contributed by atoms with van der Waals surface area (Å²) in [6, 6.07) is 12.0. The van der Waals surface area contributed by atoms with Crippen LogP contribution in [0.3, 0.4) is 0 Å². The van der Waals surface area contributed by atoms with Gasteiger partial charge in [0.15, 0.2) is 16.3 Å². The number of thiazole rings is 1. The molecule has 0 bridgehead atoms. The van der Waals surface area contributed by atoms with Gasteiger partial charge < -0.3 is 9.88 Å². The summed E-state index contributed by atoms with van der Waals surface area (Å²) in [5.41, 5.74) is 0.312. The van der Waals surface area contributed by atoms with Crippen molar-refractivity contribution in [3.63, 3.8) is 0 Å². The molecule has 0 atom stereocenters. The molecule has 0 saturated carbocycles. The molecule has 0 aliphatic heterocycles. The molecule has 5 rings (SSSR count). The molecule has 30 heavy (non-hydrogen) atoms. The molecule has 0 radical (unpaired) electrons. The third-order valence-electron chi connectivity index (χ3n) is 5.06. The predicted molar refractivity (Wildman–Crippen MR) is 116 cm³/mol. The molecule has 0 fully saturated rings. The fourth-order valence-corrected chi connectivity index (χ4v) is 4.44. The molecule has 9 nitrogen and oxygen atoms in total. The zero-order chi connectivity index (χ0) is 21.0. The number of imidazole rings is 1. The Morgan fingerprint density at radius 1 is 1.10 bits per heavy atom. The lowest BCUT2D eigenvalue weighted by Gasteiger charge is -2.06. The van der Waals surface area contributed by atoms with E-state index in [0.29, 0.717) is 5.13 Å². The van der Waals surface area contributed by atoms with E-state index in [0.717, 1.165) is 25.6 Å². The number of nitrogens with one attached hydrogen (secondary N) is 1. The van der Waals surface area contributed by atoms with Crippen LogP contribution in [-0.4, -0.2) is 29.6 Å². The fourth-order valence-electron chi connectivity index (χ4n) is 3.55. The Kier molecular flexibility index (Phi) is 4.03. The number of nitrogens with zero attached hydrogens (tertiary/aromatic N) is 5. The van der Waals surface area contributed by atoms with Crippen molar-refractivity contribution in [3.8, 4) is 0 Å². The van der Waals surface area contributed by atoms with Gasteiger partial charge in [-0.3, -0.25) is 18.7 Å². The van der Waals surface area contributed by atoms with Gasteiger partial charge in [0.2, 0.25) is 5.91 Å². The van der Waals surface area contributed by atoms with Crippen molar-refractivity contribution in [1.82, 2.24) is 23.7 Å². The summed E-state index contributed by atoms with van der Waals surface area (Å²) in [6.45, 7) is -0.124. The van der Waals surface area contributed by atoms with E-state index in [1.165, 1.54) is 40.9 Å². The lowest BCUT2D eigenvalue weighted by atomic mass is 10.1. The van der Waals surface area contributed by atoms with Gasteiger partial charge in [0.1, 0.15) is 6.54 Å². The largest absolute Gasteiger partial charge is 0.332 e. The smallest absolute Gasteiger partial charge is 0.315 e. The maximum atomic E-state index is 12.6. The number of anilines is 1. The van der Waals surface area contributed by atoms with E-state index in [9.17, 15) is 14.4 Å². The molecule has 1 N–H and O–H groups in total. The maximum Gasteiger partial charge on any atom is 0.332 e. The molecule has 3 aromatic heterocycles. The van der Waals surface area contributed by atoms with Crippen LogP contribution in [0, 0.1) is 0 Å². The summed E-state index contributed by atoms with van der Waals surface area (Å²) in [4.78, 5) is 45.9. The van der Waals surface area contributed by atoms with Gasteiger partial charge >= 0.3 is 5.69 Å². The minimum absolute atomic E-state index is 0.124. The van der Waals surface area contributed by atoms with Crippen LogP contribution in [0.5, 0.6) is 0 Å². The molecular weight excluding hydrogens is 404 g/mol. The molecule has 5 aromatic rings. The van der Waals surface area contributed by atoms with Crippen LogP contribution >= 0.6 is 11.3 Å². The Morgan fingerprint density at radius 3 is 2.73 bits per heavy atom. The monoisotopic (exact) mass is 420 g/mol. The molecule has 2 aromatic carbocycles. The van der Waals surface area contributed by atoms with Gasteiger partial charge in [-0.05, 0) is 11.5 Å². The van der Waals surface area contributed by atoms with Crippen molar-refractivity contribution in [3.05, 3.63) is 63.6 Å². The SMILES string of the molecule is Cn1c(=O)c2c(ncn2CC(=O)Nc2nc3c(ccc4ccccc43)s2)n(C)c1=O. The second-order valence-corrected chi connectivity index (χ2v) is 7.98. The standard InChI is InChI=1S/C20H16N6O3S/c1-24-17-16(18(28)25(2)20(24)29)26(10-21-17)9-14(27)22-19-23-15-12-6-4-3-5-11(12)7-8-13(15)30-19/h3-8,10H,9H2,1-2H3,(H,22,23,27). The quantitative estimate of drug-likeness (QED) is 0.480. The summed E-state index contributed by atoms with van der Waals surface area (Å²) >= 11 is 1.39. The Labute approximate surface area is 172 Å². The number of carbonyl (C=O) groups excluding carboxylic acids is 1. The second-order valence-electron chi connectivity index (χ2n) is 6.95. The summed E-state index contributed by atoms with van der Waals surface area (Å²) in [7, 11) is 2.93. The van der Waals surface area contributed by atoms with Crippen molar-refractivity contribution in [2.45, 2.75) is 6.54 Å². The summed E-state index contributed by atoms with van der Waals surface area (Å²) in [5, 5.41) is 5.39. The lowest BCUT2D eigenvalue weighted by molar-refractivity contribution is -0.116. The summed E-state index contributed by atoms with van der Waals surface area (Å²) in [5.74, 6) is -0.339. The number of hydrogen-bond donors (Lipinski definition) is 1. The minimum atomic E-state index is -0.496. The summed E-state index contributed by atoms with van der Waals surface area (Å²) in [6.07, 6.45) is 1.39. The maximum absolute atomic E-state index is 12.6. The van der Waals surface area contributed by atoms with Crippen LogP contribution in [0.4, 0.5) is 5.13 Å². The topological polar surface area (TPSA) is 104 Å². The van der Waals surface area contributed by atoms with Gasteiger partial charge in [-0.1, -0.05) is 41.7 Å². The van der Waals surface area contributed by atoms with Crippen LogP contribution in [0.25, 0.3) is 32.2 Å². The average molecular weight is 420 g/mol. The van der Waals surface area contributed by atoms with E-state index >= 15 is 0 Å². The highest BCUT2D eigenvalue weighted by molar-refractivity contribution is 7.22. The molecule has 0 aliphatic carbocycles. The fraction of sp³-hybridized carbons (Fsp3) is 0.150. The lowest BCUT2D eigenvalue weighted by Crippen LogP contribution is -2.37. The zero-order valence-electron chi connectivity index (χ0n) is 16.1. The van der Waals surface area contributed by atoms with Crippen molar-refractivity contribution < 1.29 is 4.79 Å². The number of aryl methyl sites for hydroxylation is 1. The van der Waals surface area contributed by atoms with Crippen LogP contribution in [0.1, 0.15) is 0 Å². The third-order valence-corrected chi connectivity index (χ3v) is 6.00. The highest BCUT2D eigenvalue weighted by Crippen LogP contribution is 2.31. The van der Waals surface area contributed by atoms with Gasteiger partial charge in [0.05, 0.1) is 16.5 Å². The third kappa shape index (κ3) is 2.72. The number of carbonyl (C=O) groups is 1. The van der Waals surface area contributed by atoms with Crippen molar-refractivity contribution in [2.75, 3.05) is 5.32 Å². The molecule has 0 spiro atoms. The normalized spacial score (nSPS) is 11.5. The number of hydrogen-bond acceptors (Lipinski definition) is 6. The van der Waals surface area contributed by atoms with E-state index in [-0.39, 0.29) is 23.6 Å². The number of aromatic nitrogens is 5. The van der Waals surface area contributed by atoms with Crippen LogP contribution < -0.4 is 16.6 Å². The number of amides is 1. The van der Waals surface area contributed by atoms with E-state index in [2.05, 4.69) is 15.3 Å². The van der Waals surface area contributed by atoms with Gasteiger partial charge in [0.25, 0.3) is 5.56 Å². The van der Waals surface area contributed by atoms with E-state index in [1.807, 2.05) is 36.4 Å². The van der Waals surface area contributed by atoms with Crippen molar-refractivity contribution in [2.24, 2.45) is 14.1 Å². The molecule has 3 heterocycles. The highest BCUT2D eigenvalue weighted by atomic mass is 32.1. The van der Waals surface area contributed by atoms with Crippen molar-refractivity contribution >= 4 is 54.5 Å². The van der Waals surface area contributed by atoms with Crippen LogP contribution in [0.2, 0.25) is 0 Å². The Hall–Kier alpha value is -3.79. The molecule has 150 valence electrons. The summed E-state index contributed by atoms with van der Waals surface area (Å²) < 4.78 is 4.69. The first-order chi connectivity index (χ1) is 14.4. The first-order valence-electron chi connectivity index (χ1n) is 9.13. The van der Waals surface area contributed by atoms with E-state index in [1.54, 1.807) is 0 Å². The number of benzene rings is 2. The number of rotatable bonds is 3. The van der Waals surface area contributed by atoms with Crippen LogP contribution in [-0.2, 0) is 25.4 Å². The van der Waals surface area contributed by atoms with Crippen LogP contribution in [0.15, 0.2) is 52.3 Å². The van der Waals surface area contributed by atoms with Gasteiger partial charge in [-0.25, -0.2) is 14.8 Å². The molecule has 0 unspecified atom stereocenters. The minimum Gasteiger partial charge on any atom is -0.315 e.